The molecule has 1 amide bonds. The zero-order chi connectivity index (χ0) is 15.2. The van der Waals surface area contributed by atoms with Gasteiger partial charge >= 0.3 is 0 Å². The van der Waals surface area contributed by atoms with Crippen molar-refractivity contribution < 1.29 is 9.59 Å². The maximum atomic E-state index is 12.1. The maximum Gasteiger partial charge on any atom is 0.251 e. The van der Waals surface area contributed by atoms with Crippen LogP contribution in [0.3, 0.4) is 0 Å². The Hall–Kier alpha value is -1.35. The Morgan fingerprint density at radius 3 is 2.57 bits per heavy atom. The lowest BCUT2D eigenvalue weighted by molar-refractivity contribution is 0.0948. The SMILES string of the molecule is CC(=O)c1ccc(C(=O)NCCC2CCCCC2)cc1Cl. The van der Waals surface area contributed by atoms with Gasteiger partial charge in [-0.25, -0.2) is 0 Å². The molecule has 0 bridgehead atoms. The molecule has 1 aromatic rings. The molecule has 21 heavy (non-hydrogen) atoms. The van der Waals surface area contributed by atoms with Crippen molar-refractivity contribution in [1.29, 1.82) is 0 Å². The zero-order valence-electron chi connectivity index (χ0n) is 12.5. The molecule has 1 fully saturated rings. The van der Waals surface area contributed by atoms with Crippen molar-refractivity contribution in [3.8, 4) is 0 Å². The van der Waals surface area contributed by atoms with E-state index in [4.69, 9.17) is 11.6 Å². The Labute approximate surface area is 131 Å². The Morgan fingerprint density at radius 2 is 1.95 bits per heavy atom. The van der Waals surface area contributed by atoms with Crippen LogP contribution in [0.1, 0.15) is 66.2 Å². The van der Waals surface area contributed by atoms with E-state index in [2.05, 4.69) is 5.32 Å². The van der Waals surface area contributed by atoms with Gasteiger partial charge in [-0.1, -0.05) is 43.7 Å². The van der Waals surface area contributed by atoms with Gasteiger partial charge in [-0.15, -0.1) is 0 Å². The summed E-state index contributed by atoms with van der Waals surface area (Å²) >= 11 is 6.02. The molecule has 3 nitrogen and oxygen atoms in total. The van der Waals surface area contributed by atoms with Gasteiger partial charge in [0.25, 0.3) is 5.91 Å². The number of rotatable bonds is 5. The number of hydrogen-bond acceptors (Lipinski definition) is 2. The van der Waals surface area contributed by atoms with E-state index in [0.717, 1.165) is 12.3 Å². The monoisotopic (exact) mass is 307 g/mol. The lowest BCUT2D eigenvalue weighted by Crippen LogP contribution is -2.26. The molecule has 1 saturated carbocycles. The number of carbonyl (C=O) groups excluding carboxylic acids is 2. The van der Waals surface area contributed by atoms with Crippen LogP contribution in [-0.4, -0.2) is 18.2 Å². The molecule has 0 heterocycles. The molecular formula is C17H22ClNO2. The normalized spacial score (nSPS) is 15.7. The van der Waals surface area contributed by atoms with Crippen LogP contribution in [0.2, 0.25) is 5.02 Å². The van der Waals surface area contributed by atoms with Gasteiger partial charge in [-0.2, -0.15) is 0 Å². The number of ketones is 1. The number of halogens is 1. The van der Waals surface area contributed by atoms with E-state index in [9.17, 15) is 9.59 Å². The van der Waals surface area contributed by atoms with Crippen LogP contribution >= 0.6 is 11.6 Å². The van der Waals surface area contributed by atoms with Gasteiger partial charge in [-0.05, 0) is 37.5 Å². The molecule has 1 aromatic carbocycles. The van der Waals surface area contributed by atoms with Crippen LogP contribution in [0.4, 0.5) is 0 Å². The summed E-state index contributed by atoms with van der Waals surface area (Å²) in [5.41, 5.74) is 0.962. The van der Waals surface area contributed by atoms with E-state index < -0.39 is 0 Å². The number of nitrogens with one attached hydrogen (secondary N) is 1. The van der Waals surface area contributed by atoms with Crippen molar-refractivity contribution in [2.75, 3.05) is 6.54 Å². The summed E-state index contributed by atoms with van der Waals surface area (Å²) in [4.78, 5) is 23.4. The van der Waals surface area contributed by atoms with Crippen LogP contribution < -0.4 is 5.32 Å². The van der Waals surface area contributed by atoms with Crippen molar-refractivity contribution in [3.63, 3.8) is 0 Å². The highest BCUT2D eigenvalue weighted by Crippen LogP contribution is 2.25. The van der Waals surface area contributed by atoms with Gasteiger partial charge in [-0.3, -0.25) is 9.59 Å². The van der Waals surface area contributed by atoms with Crippen molar-refractivity contribution in [2.45, 2.75) is 45.4 Å². The fraction of sp³-hybridized carbons (Fsp3) is 0.529. The number of amides is 1. The van der Waals surface area contributed by atoms with Gasteiger partial charge < -0.3 is 5.32 Å². The van der Waals surface area contributed by atoms with Crippen LogP contribution in [0, 0.1) is 5.92 Å². The average molecular weight is 308 g/mol. The highest BCUT2D eigenvalue weighted by molar-refractivity contribution is 6.34. The third-order valence-electron chi connectivity index (χ3n) is 4.17. The molecule has 0 saturated heterocycles. The van der Waals surface area contributed by atoms with Crippen molar-refractivity contribution in [1.82, 2.24) is 5.32 Å². The molecule has 1 aliphatic carbocycles. The minimum Gasteiger partial charge on any atom is -0.352 e. The third kappa shape index (κ3) is 4.57. The quantitative estimate of drug-likeness (QED) is 0.827. The number of benzene rings is 1. The third-order valence-corrected chi connectivity index (χ3v) is 4.49. The minimum absolute atomic E-state index is 0.0933. The highest BCUT2D eigenvalue weighted by Gasteiger charge is 2.14. The Morgan fingerprint density at radius 1 is 1.24 bits per heavy atom. The lowest BCUT2D eigenvalue weighted by Gasteiger charge is -2.21. The smallest absolute Gasteiger partial charge is 0.251 e. The van der Waals surface area contributed by atoms with E-state index in [1.54, 1.807) is 18.2 Å². The first-order chi connectivity index (χ1) is 10.1. The summed E-state index contributed by atoms with van der Waals surface area (Å²) < 4.78 is 0. The molecule has 0 radical (unpaired) electrons. The number of Topliss-reactive ketones (excluding diaryl/α,β-unsaturated/α-hetero) is 1. The molecule has 114 valence electrons. The first-order valence-electron chi connectivity index (χ1n) is 7.66. The minimum atomic E-state index is -0.122. The van der Waals surface area contributed by atoms with Gasteiger partial charge in [0.2, 0.25) is 0 Å². The van der Waals surface area contributed by atoms with Crippen LogP contribution in [0.5, 0.6) is 0 Å². The summed E-state index contributed by atoms with van der Waals surface area (Å²) in [6.07, 6.45) is 7.61. The molecule has 0 spiro atoms. The summed E-state index contributed by atoms with van der Waals surface area (Å²) in [5, 5.41) is 3.28. The Balaban J connectivity index is 1.85. The number of carbonyl (C=O) groups is 2. The summed E-state index contributed by atoms with van der Waals surface area (Å²) in [7, 11) is 0. The molecule has 0 aliphatic heterocycles. The molecular weight excluding hydrogens is 286 g/mol. The second kappa shape index (κ2) is 7.60. The summed E-state index contributed by atoms with van der Waals surface area (Å²) in [5.74, 6) is 0.537. The Kier molecular flexibility index (Phi) is 5.80. The van der Waals surface area contributed by atoms with Crippen molar-refractivity contribution >= 4 is 23.3 Å². The topological polar surface area (TPSA) is 46.2 Å². The van der Waals surface area contributed by atoms with E-state index in [0.29, 0.717) is 22.7 Å². The van der Waals surface area contributed by atoms with Crippen LogP contribution in [0.25, 0.3) is 0 Å². The van der Waals surface area contributed by atoms with Gasteiger partial charge in [0.15, 0.2) is 5.78 Å². The second-order valence-corrected chi connectivity index (χ2v) is 6.21. The van der Waals surface area contributed by atoms with Crippen molar-refractivity contribution in [2.24, 2.45) is 5.92 Å². The van der Waals surface area contributed by atoms with E-state index in [-0.39, 0.29) is 11.7 Å². The molecule has 0 unspecified atom stereocenters. The largest absolute Gasteiger partial charge is 0.352 e. The molecule has 2 rings (SSSR count). The van der Waals surface area contributed by atoms with Crippen molar-refractivity contribution in [3.05, 3.63) is 34.3 Å². The molecule has 1 N–H and O–H groups in total. The fourth-order valence-corrected chi connectivity index (χ4v) is 3.22. The highest BCUT2D eigenvalue weighted by atomic mass is 35.5. The standard InChI is InChI=1S/C17H22ClNO2/c1-12(20)15-8-7-14(11-16(15)18)17(21)19-10-9-13-5-3-2-4-6-13/h7-8,11,13H,2-6,9-10H2,1H3,(H,19,21). The van der Waals surface area contributed by atoms with Crippen LogP contribution in [-0.2, 0) is 0 Å². The van der Waals surface area contributed by atoms with Gasteiger partial charge in [0.05, 0.1) is 5.02 Å². The summed E-state index contributed by atoms with van der Waals surface area (Å²) in [6.45, 7) is 2.17. The molecule has 0 aromatic heterocycles. The fourth-order valence-electron chi connectivity index (χ4n) is 2.91. The van der Waals surface area contributed by atoms with Crippen LogP contribution in [0.15, 0.2) is 18.2 Å². The van der Waals surface area contributed by atoms with Gasteiger partial charge in [0.1, 0.15) is 0 Å². The maximum absolute atomic E-state index is 12.1. The molecule has 0 atom stereocenters. The zero-order valence-corrected chi connectivity index (χ0v) is 13.2. The van der Waals surface area contributed by atoms with E-state index >= 15 is 0 Å². The van der Waals surface area contributed by atoms with E-state index in [1.807, 2.05) is 0 Å². The first kappa shape index (κ1) is 16.0. The average Bonchev–Trinajstić information content (AvgIpc) is 2.47. The van der Waals surface area contributed by atoms with E-state index in [1.165, 1.54) is 39.0 Å². The predicted octanol–water partition coefficient (Wildman–Crippen LogP) is 4.24. The summed E-state index contributed by atoms with van der Waals surface area (Å²) in [6, 6.07) is 4.83. The second-order valence-electron chi connectivity index (χ2n) is 5.80. The predicted molar refractivity (Wildman–Crippen MR) is 85.0 cm³/mol. The first-order valence-corrected chi connectivity index (χ1v) is 8.04. The lowest BCUT2D eigenvalue weighted by atomic mass is 9.87. The molecule has 1 aliphatic rings. The Bertz CT molecular complexity index is 522. The van der Waals surface area contributed by atoms with Gasteiger partial charge in [0, 0.05) is 17.7 Å². The number of hydrogen-bond donors (Lipinski definition) is 1. The molecule has 4 heteroatoms.